The van der Waals surface area contributed by atoms with Gasteiger partial charge in [0.15, 0.2) is 0 Å². The average Bonchev–Trinajstić information content (AvgIpc) is 2.73. The lowest BCUT2D eigenvalue weighted by Crippen LogP contribution is -1.95. The Bertz CT molecular complexity index is 513. The van der Waals surface area contributed by atoms with Crippen molar-refractivity contribution < 1.29 is 14.3 Å². The van der Waals surface area contributed by atoms with E-state index in [-0.39, 0.29) is 5.56 Å². The molecule has 6 heteroatoms. The molecule has 2 aromatic rings. The van der Waals surface area contributed by atoms with Crippen LogP contribution in [0.2, 0.25) is 5.02 Å². The van der Waals surface area contributed by atoms with Crippen LogP contribution >= 0.6 is 23.4 Å². The van der Waals surface area contributed by atoms with E-state index in [4.69, 9.17) is 21.1 Å². The van der Waals surface area contributed by atoms with Crippen molar-refractivity contribution in [3.8, 4) is 0 Å². The van der Waals surface area contributed by atoms with Gasteiger partial charge in [0, 0.05) is 4.90 Å². The number of hydrogen-bond donors (Lipinski definition) is 1. The van der Waals surface area contributed by atoms with Crippen molar-refractivity contribution in [3.05, 3.63) is 41.2 Å². The molecular formula is C10H6ClNO3S. The number of aromatic carboxylic acids is 1. The first-order chi connectivity index (χ1) is 7.66. The Labute approximate surface area is 100 Å². The fraction of sp³-hybridized carbons (Fsp3) is 0. The third-order valence-electron chi connectivity index (χ3n) is 1.79. The zero-order chi connectivity index (χ0) is 11.5. The van der Waals surface area contributed by atoms with Crippen molar-refractivity contribution in [1.29, 1.82) is 0 Å². The van der Waals surface area contributed by atoms with Crippen LogP contribution in [0.4, 0.5) is 0 Å². The van der Waals surface area contributed by atoms with Crippen molar-refractivity contribution in [2.24, 2.45) is 0 Å². The summed E-state index contributed by atoms with van der Waals surface area (Å²) in [6.45, 7) is 0. The Hall–Kier alpha value is -1.46. The van der Waals surface area contributed by atoms with E-state index in [1.54, 1.807) is 6.07 Å². The van der Waals surface area contributed by atoms with E-state index in [0.717, 1.165) is 0 Å². The molecule has 0 saturated heterocycles. The Kier molecular flexibility index (Phi) is 3.17. The van der Waals surface area contributed by atoms with Crippen molar-refractivity contribution in [3.63, 3.8) is 0 Å². The highest BCUT2D eigenvalue weighted by Crippen LogP contribution is 2.32. The van der Waals surface area contributed by atoms with Gasteiger partial charge in [0.25, 0.3) is 5.22 Å². The maximum atomic E-state index is 10.7. The number of aromatic nitrogens is 1. The second-order valence-corrected chi connectivity index (χ2v) is 4.25. The molecule has 0 amide bonds. The van der Waals surface area contributed by atoms with Crippen LogP contribution in [0.15, 0.2) is 45.2 Å². The lowest BCUT2D eigenvalue weighted by atomic mass is 10.2. The van der Waals surface area contributed by atoms with Crippen LogP contribution in [-0.4, -0.2) is 16.1 Å². The van der Waals surface area contributed by atoms with Gasteiger partial charge in [-0.2, -0.15) is 0 Å². The van der Waals surface area contributed by atoms with E-state index in [0.29, 0.717) is 15.1 Å². The summed E-state index contributed by atoms with van der Waals surface area (Å²) < 4.78 is 5.05. The van der Waals surface area contributed by atoms with Gasteiger partial charge in [-0.1, -0.05) is 11.6 Å². The van der Waals surface area contributed by atoms with Gasteiger partial charge in [-0.15, -0.1) is 0 Å². The van der Waals surface area contributed by atoms with Gasteiger partial charge in [0.05, 0.1) is 16.8 Å². The van der Waals surface area contributed by atoms with Crippen LogP contribution in [0, 0.1) is 0 Å². The van der Waals surface area contributed by atoms with E-state index in [2.05, 4.69) is 4.98 Å². The highest BCUT2D eigenvalue weighted by Gasteiger charge is 2.09. The number of carboxylic acids is 1. The molecule has 1 N–H and O–H groups in total. The molecule has 1 aromatic heterocycles. The van der Waals surface area contributed by atoms with Crippen LogP contribution in [0.5, 0.6) is 0 Å². The van der Waals surface area contributed by atoms with E-state index < -0.39 is 5.97 Å². The molecule has 0 unspecified atom stereocenters. The first-order valence-electron chi connectivity index (χ1n) is 4.27. The summed E-state index contributed by atoms with van der Waals surface area (Å²) >= 11 is 7.18. The molecule has 0 fully saturated rings. The minimum atomic E-state index is -1.01. The summed E-state index contributed by atoms with van der Waals surface area (Å²) in [5.41, 5.74) is 0.154. The standard InChI is InChI=1S/C10H6ClNO3S/c11-7-5-6(9(13)14)1-2-8(7)16-10-12-3-4-15-10/h1-5H,(H,13,14). The molecule has 0 aliphatic heterocycles. The van der Waals surface area contributed by atoms with Gasteiger partial charge in [0.2, 0.25) is 0 Å². The zero-order valence-corrected chi connectivity index (χ0v) is 9.46. The first-order valence-corrected chi connectivity index (χ1v) is 5.46. The fourth-order valence-electron chi connectivity index (χ4n) is 1.07. The van der Waals surface area contributed by atoms with Gasteiger partial charge in [-0.25, -0.2) is 9.78 Å². The maximum absolute atomic E-state index is 10.7. The number of benzene rings is 1. The summed E-state index contributed by atoms with van der Waals surface area (Å²) in [5, 5.41) is 9.59. The molecule has 1 aromatic carbocycles. The summed E-state index contributed by atoms with van der Waals surface area (Å²) in [7, 11) is 0. The number of oxazole rings is 1. The van der Waals surface area contributed by atoms with Gasteiger partial charge in [-0.05, 0) is 30.0 Å². The van der Waals surface area contributed by atoms with Gasteiger partial charge < -0.3 is 9.52 Å². The lowest BCUT2D eigenvalue weighted by molar-refractivity contribution is 0.0697. The SMILES string of the molecule is O=C(O)c1ccc(Sc2ncco2)c(Cl)c1. The lowest BCUT2D eigenvalue weighted by Gasteiger charge is -2.01. The molecule has 0 bridgehead atoms. The Balaban J connectivity index is 2.26. The highest BCUT2D eigenvalue weighted by molar-refractivity contribution is 7.99. The molecule has 82 valence electrons. The van der Waals surface area contributed by atoms with Crippen LogP contribution in [0.3, 0.4) is 0 Å². The summed E-state index contributed by atoms with van der Waals surface area (Å²) in [6, 6.07) is 4.51. The first kappa shape index (κ1) is 11.0. The molecule has 1 heterocycles. The fourth-order valence-corrected chi connectivity index (χ4v) is 2.07. The summed E-state index contributed by atoms with van der Waals surface area (Å²) in [6.07, 6.45) is 2.99. The third kappa shape index (κ3) is 2.37. The Morgan fingerprint density at radius 2 is 2.31 bits per heavy atom. The Morgan fingerprint density at radius 1 is 1.50 bits per heavy atom. The molecule has 0 aliphatic carbocycles. The second-order valence-electron chi connectivity index (χ2n) is 2.85. The van der Waals surface area contributed by atoms with E-state index in [1.165, 1.54) is 36.4 Å². The summed E-state index contributed by atoms with van der Waals surface area (Å²) in [5.74, 6) is -1.01. The van der Waals surface area contributed by atoms with Gasteiger partial charge in [0.1, 0.15) is 6.26 Å². The monoisotopic (exact) mass is 255 g/mol. The van der Waals surface area contributed by atoms with Crippen LogP contribution in [-0.2, 0) is 0 Å². The van der Waals surface area contributed by atoms with Crippen molar-refractivity contribution in [2.75, 3.05) is 0 Å². The van der Waals surface area contributed by atoms with E-state index in [1.807, 2.05) is 0 Å². The molecular weight excluding hydrogens is 250 g/mol. The van der Waals surface area contributed by atoms with Crippen LogP contribution < -0.4 is 0 Å². The molecule has 0 radical (unpaired) electrons. The van der Waals surface area contributed by atoms with Gasteiger partial charge >= 0.3 is 5.97 Å². The smallest absolute Gasteiger partial charge is 0.335 e. The minimum absolute atomic E-state index is 0.154. The van der Waals surface area contributed by atoms with Crippen LogP contribution in [0.25, 0.3) is 0 Å². The third-order valence-corrected chi connectivity index (χ3v) is 3.16. The quantitative estimate of drug-likeness (QED) is 0.913. The molecule has 16 heavy (non-hydrogen) atoms. The van der Waals surface area contributed by atoms with Gasteiger partial charge in [-0.3, -0.25) is 0 Å². The largest absolute Gasteiger partial charge is 0.478 e. The number of carboxylic acid groups (broad SMARTS) is 1. The molecule has 0 atom stereocenters. The number of halogens is 1. The predicted molar refractivity (Wildman–Crippen MR) is 59.0 cm³/mol. The van der Waals surface area contributed by atoms with Crippen LogP contribution in [0.1, 0.15) is 10.4 Å². The van der Waals surface area contributed by atoms with Crippen molar-refractivity contribution >= 4 is 29.3 Å². The zero-order valence-electron chi connectivity index (χ0n) is 7.88. The predicted octanol–water partition coefficient (Wildman–Crippen LogP) is 3.18. The number of carbonyl (C=O) groups is 1. The van der Waals surface area contributed by atoms with E-state index in [9.17, 15) is 4.79 Å². The van der Waals surface area contributed by atoms with Crippen molar-refractivity contribution in [2.45, 2.75) is 10.1 Å². The topological polar surface area (TPSA) is 63.3 Å². The van der Waals surface area contributed by atoms with Crippen molar-refractivity contribution in [1.82, 2.24) is 4.98 Å². The molecule has 0 aliphatic rings. The molecule has 4 nitrogen and oxygen atoms in total. The molecule has 0 spiro atoms. The summed E-state index contributed by atoms with van der Waals surface area (Å²) in [4.78, 5) is 15.3. The second kappa shape index (κ2) is 4.59. The normalized spacial score (nSPS) is 10.3. The maximum Gasteiger partial charge on any atom is 0.335 e. The van der Waals surface area contributed by atoms with E-state index >= 15 is 0 Å². The molecule has 2 rings (SSSR count). The highest BCUT2D eigenvalue weighted by atomic mass is 35.5. The Morgan fingerprint density at radius 3 is 2.88 bits per heavy atom. The number of rotatable bonds is 3. The number of nitrogens with zero attached hydrogens (tertiary/aromatic N) is 1. The molecule has 0 saturated carbocycles. The minimum Gasteiger partial charge on any atom is -0.478 e. The average molecular weight is 256 g/mol. The number of hydrogen-bond acceptors (Lipinski definition) is 4.